The normalized spacial score (nSPS) is 32.8. The monoisotopic (exact) mass is 406 g/mol. The molecule has 1 saturated heterocycles. The molecule has 0 aromatic carbocycles. The Morgan fingerprint density at radius 3 is 2.45 bits per heavy atom. The highest BCUT2D eigenvalue weighted by atomic mass is 16.5. The molecule has 2 aliphatic rings. The molecule has 0 radical (unpaired) electrons. The number of hydrogen-bond acceptors (Lipinski definition) is 8. The molecule has 160 valence electrons. The van der Waals surface area contributed by atoms with Crippen molar-refractivity contribution in [2.45, 2.75) is 82.5 Å². The van der Waals surface area contributed by atoms with Gasteiger partial charge in [-0.25, -0.2) is 9.36 Å². The van der Waals surface area contributed by atoms with Crippen molar-refractivity contribution in [1.82, 2.24) is 30.0 Å². The molecule has 6 bridgehead atoms. The summed E-state index contributed by atoms with van der Waals surface area (Å²) < 4.78 is 9.44. The van der Waals surface area contributed by atoms with E-state index in [-0.39, 0.29) is 13.2 Å². The van der Waals surface area contributed by atoms with Gasteiger partial charge in [-0.1, -0.05) is 16.8 Å². The maximum atomic E-state index is 11.2. The van der Waals surface area contributed by atoms with Crippen molar-refractivity contribution in [2.24, 2.45) is 5.92 Å². The first-order valence-electron chi connectivity index (χ1n) is 10.3. The Balaban J connectivity index is 1.75. The molecule has 10 heteroatoms. The molecule has 4 heterocycles. The minimum absolute atomic E-state index is 0.278. The number of ether oxygens (including phenoxy) is 1. The molecule has 2 aromatic heterocycles. The van der Waals surface area contributed by atoms with E-state index in [1.807, 2.05) is 20.0 Å². The average Bonchev–Trinajstić information content (AvgIpc) is 3.28. The third-order valence-electron chi connectivity index (χ3n) is 6.22. The molecule has 5 atom stereocenters. The fourth-order valence-electron chi connectivity index (χ4n) is 4.49. The van der Waals surface area contributed by atoms with Crippen LogP contribution in [0.4, 0.5) is 0 Å². The summed E-state index contributed by atoms with van der Waals surface area (Å²) >= 11 is 0. The van der Waals surface area contributed by atoms with Gasteiger partial charge in [-0.05, 0) is 39.5 Å². The molecular weight excluding hydrogens is 376 g/mol. The average molecular weight is 406 g/mol. The van der Waals surface area contributed by atoms with Crippen LogP contribution in [0.3, 0.4) is 0 Å². The lowest BCUT2D eigenvalue weighted by molar-refractivity contribution is -0.144. The van der Waals surface area contributed by atoms with Gasteiger partial charge in [-0.3, -0.25) is 0 Å². The second kappa shape index (κ2) is 8.10. The summed E-state index contributed by atoms with van der Waals surface area (Å²) in [6, 6.07) is -0.798. The SMILES string of the molecule is CC1(C)O[C@H]2Cn3cc(nn3)CCCCCc3cn(nn3)[C@H]([C@@H](O)[C@@H]1CO)[C@@H]2O. The van der Waals surface area contributed by atoms with Crippen molar-refractivity contribution < 1.29 is 20.1 Å². The number of aromatic nitrogens is 6. The van der Waals surface area contributed by atoms with Gasteiger partial charge in [0.2, 0.25) is 0 Å². The van der Waals surface area contributed by atoms with Crippen LogP contribution in [0, 0.1) is 5.92 Å². The van der Waals surface area contributed by atoms with Crippen LogP contribution in [0.15, 0.2) is 12.4 Å². The maximum Gasteiger partial charge on any atom is 0.108 e. The van der Waals surface area contributed by atoms with Crippen LogP contribution < -0.4 is 0 Å². The van der Waals surface area contributed by atoms with E-state index in [1.165, 1.54) is 4.68 Å². The molecular formula is C19H30N6O4. The smallest absolute Gasteiger partial charge is 0.108 e. The lowest BCUT2D eigenvalue weighted by atomic mass is 9.83. The standard InChI is InChI=1S/C19H30N6O4/c1-19(2)14(11-26)17(27)16-18(28)15(29-19)10-24-8-12(20-22-24)6-4-3-5-7-13-9-25(16)23-21-13/h8-9,14-18,26-28H,3-7,10-11H2,1-2H3/t14-,15-,16+,17-,18+/m0/s1. The second-order valence-corrected chi connectivity index (χ2v) is 8.70. The van der Waals surface area contributed by atoms with Crippen molar-refractivity contribution in [1.29, 1.82) is 0 Å². The summed E-state index contributed by atoms with van der Waals surface area (Å²) in [7, 11) is 0. The molecule has 10 nitrogen and oxygen atoms in total. The van der Waals surface area contributed by atoms with E-state index in [2.05, 4.69) is 20.6 Å². The van der Waals surface area contributed by atoms with Crippen LogP contribution in [-0.4, -0.2) is 75.8 Å². The van der Waals surface area contributed by atoms with E-state index in [4.69, 9.17) is 4.74 Å². The van der Waals surface area contributed by atoms with Gasteiger partial charge in [0.15, 0.2) is 0 Å². The molecule has 4 rings (SSSR count). The molecule has 0 spiro atoms. The molecule has 0 aliphatic carbocycles. The Kier molecular flexibility index (Phi) is 5.69. The predicted octanol–water partition coefficient (Wildman–Crippen LogP) is -0.112. The van der Waals surface area contributed by atoms with Crippen LogP contribution in [0.25, 0.3) is 0 Å². The third kappa shape index (κ3) is 4.07. The Bertz CT molecular complexity index is 821. The molecule has 0 amide bonds. The lowest BCUT2D eigenvalue weighted by Gasteiger charge is -2.35. The molecule has 0 unspecified atom stereocenters. The van der Waals surface area contributed by atoms with Crippen molar-refractivity contribution in [3.63, 3.8) is 0 Å². The number of aliphatic hydroxyl groups excluding tert-OH is 3. The molecule has 29 heavy (non-hydrogen) atoms. The Morgan fingerprint density at radius 2 is 1.72 bits per heavy atom. The van der Waals surface area contributed by atoms with Crippen molar-refractivity contribution in [2.75, 3.05) is 6.61 Å². The first kappa shape index (κ1) is 20.4. The Hall–Kier alpha value is -1.88. The van der Waals surface area contributed by atoms with Gasteiger partial charge in [0.05, 0.1) is 36.2 Å². The van der Waals surface area contributed by atoms with Gasteiger partial charge < -0.3 is 20.1 Å². The summed E-state index contributed by atoms with van der Waals surface area (Å²) in [5, 5.41) is 49.2. The number of rotatable bonds is 1. The van der Waals surface area contributed by atoms with Crippen molar-refractivity contribution in [3.8, 4) is 0 Å². The summed E-state index contributed by atoms with van der Waals surface area (Å²) in [6.07, 6.45) is 5.51. The largest absolute Gasteiger partial charge is 0.396 e. The summed E-state index contributed by atoms with van der Waals surface area (Å²) in [5.74, 6) is -0.606. The van der Waals surface area contributed by atoms with Gasteiger partial charge in [-0.15, -0.1) is 10.2 Å². The topological polar surface area (TPSA) is 131 Å². The van der Waals surface area contributed by atoms with E-state index in [0.29, 0.717) is 0 Å². The van der Waals surface area contributed by atoms with Gasteiger partial charge in [0.25, 0.3) is 0 Å². The zero-order valence-electron chi connectivity index (χ0n) is 16.9. The van der Waals surface area contributed by atoms with Crippen molar-refractivity contribution in [3.05, 3.63) is 23.8 Å². The number of hydrogen-bond donors (Lipinski definition) is 3. The third-order valence-corrected chi connectivity index (χ3v) is 6.22. The minimum Gasteiger partial charge on any atom is -0.396 e. The van der Waals surface area contributed by atoms with E-state index in [9.17, 15) is 15.3 Å². The van der Waals surface area contributed by atoms with Crippen LogP contribution >= 0.6 is 0 Å². The van der Waals surface area contributed by atoms with Gasteiger partial charge >= 0.3 is 0 Å². The molecule has 2 aliphatic heterocycles. The summed E-state index contributed by atoms with van der Waals surface area (Å²) in [5.41, 5.74) is 0.869. The zero-order valence-corrected chi connectivity index (χ0v) is 16.9. The molecule has 3 N–H and O–H groups in total. The Morgan fingerprint density at radius 1 is 1.03 bits per heavy atom. The van der Waals surface area contributed by atoms with Crippen LogP contribution in [0.2, 0.25) is 0 Å². The van der Waals surface area contributed by atoms with Crippen molar-refractivity contribution >= 4 is 0 Å². The maximum absolute atomic E-state index is 11.2. The fourth-order valence-corrected chi connectivity index (χ4v) is 4.49. The zero-order chi connectivity index (χ0) is 20.6. The van der Waals surface area contributed by atoms with Crippen LogP contribution in [0.5, 0.6) is 0 Å². The summed E-state index contributed by atoms with van der Waals surface area (Å²) in [4.78, 5) is 0. The van der Waals surface area contributed by atoms with E-state index in [0.717, 1.165) is 43.5 Å². The van der Waals surface area contributed by atoms with Gasteiger partial charge in [-0.2, -0.15) is 0 Å². The van der Waals surface area contributed by atoms with Crippen LogP contribution in [0.1, 0.15) is 50.5 Å². The minimum atomic E-state index is -1.08. The van der Waals surface area contributed by atoms with E-state index < -0.39 is 35.9 Å². The highest BCUT2D eigenvalue weighted by Crippen LogP contribution is 2.38. The number of aryl methyl sites for hydroxylation is 2. The lowest BCUT2D eigenvalue weighted by Crippen LogP contribution is -2.45. The van der Waals surface area contributed by atoms with Crippen LogP contribution in [-0.2, 0) is 24.1 Å². The quantitative estimate of drug-likeness (QED) is 0.598. The van der Waals surface area contributed by atoms with E-state index >= 15 is 0 Å². The van der Waals surface area contributed by atoms with Gasteiger partial charge in [0, 0.05) is 18.3 Å². The molecule has 2 aromatic rings. The fraction of sp³-hybridized carbons (Fsp3) is 0.789. The number of aliphatic hydroxyl groups is 3. The molecule has 1 fully saturated rings. The highest BCUT2D eigenvalue weighted by molar-refractivity contribution is 5.03. The predicted molar refractivity (Wildman–Crippen MR) is 102 cm³/mol. The second-order valence-electron chi connectivity index (χ2n) is 8.70. The first-order valence-corrected chi connectivity index (χ1v) is 10.3. The highest BCUT2D eigenvalue weighted by Gasteiger charge is 2.50. The summed E-state index contributed by atoms with van der Waals surface area (Å²) in [6.45, 7) is 3.63. The van der Waals surface area contributed by atoms with Gasteiger partial charge in [0.1, 0.15) is 18.2 Å². The van der Waals surface area contributed by atoms with E-state index in [1.54, 1.807) is 10.9 Å². The Labute approximate surface area is 169 Å². The number of fused-ring (bicyclic) bond motifs is 7. The number of nitrogens with zero attached hydrogens (tertiary/aromatic N) is 6. The first-order chi connectivity index (χ1) is 13.9. The molecule has 0 saturated carbocycles.